The minimum atomic E-state index is -0.165. The first-order valence-electron chi connectivity index (χ1n) is 7.49. The summed E-state index contributed by atoms with van der Waals surface area (Å²) < 4.78 is 5.33. The second-order valence-corrected chi connectivity index (χ2v) is 6.29. The summed E-state index contributed by atoms with van der Waals surface area (Å²) in [6, 6.07) is 7.47. The van der Waals surface area contributed by atoms with Crippen LogP contribution in [0.4, 0.5) is 5.69 Å². The first kappa shape index (κ1) is 15.6. The van der Waals surface area contributed by atoms with E-state index in [1.807, 2.05) is 36.6 Å². The number of hydrogen-bond acceptors (Lipinski definition) is 4. The topological polar surface area (TPSA) is 67.4 Å². The van der Waals surface area contributed by atoms with Crippen molar-refractivity contribution < 1.29 is 14.3 Å². The number of hydrogen-bond donors (Lipinski definition) is 2. The lowest BCUT2D eigenvalue weighted by Gasteiger charge is -2.21. The Morgan fingerprint density at radius 3 is 3.09 bits per heavy atom. The second kappa shape index (κ2) is 6.83. The van der Waals surface area contributed by atoms with Crippen LogP contribution in [-0.2, 0) is 16.0 Å². The lowest BCUT2D eigenvalue weighted by atomic mass is 10.1. The summed E-state index contributed by atoms with van der Waals surface area (Å²) in [5.41, 5.74) is 2.77. The number of aryl methyl sites for hydroxylation is 1. The van der Waals surface area contributed by atoms with Crippen molar-refractivity contribution in [3.05, 3.63) is 46.2 Å². The van der Waals surface area contributed by atoms with Gasteiger partial charge in [0.05, 0.1) is 11.7 Å². The summed E-state index contributed by atoms with van der Waals surface area (Å²) in [5.74, 6) is 0.508. The largest absolute Gasteiger partial charge is 0.482 e. The van der Waals surface area contributed by atoms with Crippen LogP contribution in [0.5, 0.6) is 5.75 Å². The Kier molecular flexibility index (Phi) is 4.62. The van der Waals surface area contributed by atoms with E-state index in [4.69, 9.17) is 4.74 Å². The molecule has 5 nitrogen and oxygen atoms in total. The quantitative estimate of drug-likeness (QED) is 0.886. The number of nitrogens with one attached hydrogen (secondary N) is 2. The number of ether oxygens (including phenoxy) is 1. The molecule has 0 saturated carbocycles. The zero-order chi connectivity index (χ0) is 16.2. The van der Waals surface area contributed by atoms with Gasteiger partial charge in [0.15, 0.2) is 6.61 Å². The third-order valence-corrected chi connectivity index (χ3v) is 4.47. The Morgan fingerprint density at radius 1 is 1.43 bits per heavy atom. The summed E-state index contributed by atoms with van der Waals surface area (Å²) in [5, 5.41) is 9.84. The monoisotopic (exact) mass is 330 g/mol. The van der Waals surface area contributed by atoms with Gasteiger partial charge in [0.25, 0.3) is 5.91 Å². The van der Waals surface area contributed by atoms with Crippen LogP contribution in [0, 0.1) is 0 Å². The molecule has 2 aromatic rings. The predicted molar refractivity (Wildman–Crippen MR) is 89.8 cm³/mol. The van der Waals surface area contributed by atoms with Gasteiger partial charge in [-0.25, -0.2) is 0 Å². The lowest BCUT2D eigenvalue weighted by molar-refractivity contribution is -0.121. The van der Waals surface area contributed by atoms with Crippen LogP contribution in [0.1, 0.15) is 30.5 Å². The number of benzene rings is 1. The molecular weight excluding hydrogens is 312 g/mol. The average Bonchev–Trinajstić information content (AvgIpc) is 3.05. The third kappa shape index (κ3) is 3.90. The molecule has 2 N–H and O–H groups in total. The van der Waals surface area contributed by atoms with E-state index in [9.17, 15) is 9.59 Å². The van der Waals surface area contributed by atoms with E-state index >= 15 is 0 Å². The Bertz CT molecular complexity index is 713. The molecule has 0 spiro atoms. The first-order chi connectivity index (χ1) is 11.1. The number of amides is 2. The fourth-order valence-electron chi connectivity index (χ4n) is 2.46. The lowest BCUT2D eigenvalue weighted by Crippen LogP contribution is -2.28. The van der Waals surface area contributed by atoms with Crippen molar-refractivity contribution in [3.8, 4) is 5.75 Å². The van der Waals surface area contributed by atoms with Gasteiger partial charge < -0.3 is 15.4 Å². The van der Waals surface area contributed by atoms with Crippen LogP contribution in [-0.4, -0.2) is 18.4 Å². The van der Waals surface area contributed by atoms with Crippen molar-refractivity contribution in [3.63, 3.8) is 0 Å². The molecule has 1 aromatic carbocycles. The van der Waals surface area contributed by atoms with Gasteiger partial charge in [-0.1, -0.05) is 6.07 Å². The normalized spacial score (nSPS) is 14.4. The summed E-state index contributed by atoms with van der Waals surface area (Å²) in [4.78, 5) is 23.4. The van der Waals surface area contributed by atoms with Crippen molar-refractivity contribution in [2.45, 2.75) is 25.8 Å². The molecule has 1 atom stereocenters. The van der Waals surface area contributed by atoms with Crippen molar-refractivity contribution in [1.82, 2.24) is 5.32 Å². The molecule has 1 aromatic heterocycles. The Hall–Kier alpha value is -2.34. The molecule has 0 bridgehead atoms. The average molecular weight is 330 g/mol. The van der Waals surface area contributed by atoms with Crippen LogP contribution >= 0.6 is 11.3 Å². The molecule has 0 saturated heterocycles. The minimum Gasteiger partial charge on any atom is -0.482 e. The number of carbonyl (C=O) groups is 2. The number of thiophene rings is 1. The van der Waals surface area contributed by atoms with Crippen LogP contribution in [0.2, 0.25) is 0 Å². The van der Waals surface area contributed by atoms with E-state index in [1.165, 1.54) is 5.56 Å². The summed E-state index contributed by atoms with van der Waals surface area (Å²) in [7, 11) is 0. The smallest absolute Gasteiger partial charge is 0.262 e. The highest BCUT2D eigenvalue weighted by molar-refractivity contribution is 7.07. The molecule has 23 heavy (non-hydrogen) atoms. The highest BCUT2D eigenvalue weighted by atomic mass is 32.1. The molecule has 1 aliphatic heterocycles. The molecule has 1 aliphatic rings. The van der Waals surface area contributed by atoms with Gasteiger partial charge in [0.1, 0.15) is 5.75 Å². The van der Waals surface area contributed by atoms with E-state index in [2.05, 4.69) is 16.0 Å². The van der Waals surface area contributed by atoms with Crippen LogP contribution in [0.15, 0.2) is 35.0 Å². The number of anilines is 1. The van der Waals surface area contributed by atoms with Gasteiger partial charge in [-0.15, -0.1) is 0 Å². The van der Waals surface area contributed by atoms with Crippen molar-refractivity contribution in [2.75, 3.05) is 11.9 Å². The molecule has 2 heterocycles. The maximum Gasteiger partial charge on any atom is 0.262 e. The zero-order valence-electron chi connectivity index (χ0n) is 12.8. The Morgan fingerprint density at radius 2 is 2.30 bits per heavy atom. The van der Waals surface area contributed by atoms with Crippen LogP contribution < -0.4 is 15.4 Å². The summed E-state index contributed by atoms with van der Waals surface area (Å²) >= 11 is 1.64. The third-order valence-electron chi connectivity index (χ3n) is 3.73. The van der Waals surface area contributed by atoms with E-state index in [-0.39, 0.29) is 24.5 Å². The fraction of sp³-hybridized carbons (Fsp3) is 0.294. The molecular formula is C17H18N2O3S. The maximum absolute atomic E-state index is 12.1. The molecule has 1 unspecified atom stereocenters. The number of rotatable bonds is 5. The van der Waals surface area contributed by atoms with Gasteiger partial charge in [-0.05, 0) is 53.4 Å². The summed E-state index contributed by atoms with van der Waals surface area (Å²) in [6.07, 6.45) is 1.21. The molecule has 120 valence electrons. The number of fused-ring (bicyclic) bond motifs is 1. The number of carbonyl (C=O) groups excluding carboxylic acids is 2. The van der Waals surface area contributed by atoms with Crippen molar-refractivity contribution in [1.29, 1.82) is 0 Å². The molecule has 0 fully saturated rings. The Labute approximate surface area is 138 Å². The van der Waals surface area contributed by atoms with E-state index < -0.39 is 0 Å². The van der Waals surface area contributed by atoms with E-state index in [0.29, 0.717) is 17.9 Å². The molecule has 2 amide bonds. The van der Waals surface area contributed by atoms with E-state index in [0.717, 1.165) is 12.0 Å². The maximum atomic E-state index is 12.1. The standard InChI is InChI=1S/C17H18N2O3S/c1-11(18-16(20)5-2-12-6-7-23-10-12)13-3-4-15-14(8-13)19-17(21)9-22-15/h3-4,6-8,10-11H,2,5,9H2,1H3,(H,18,20)(H,19,21). The Balaban J connectivity index is 1.59. The van der Waals surface area contributed by atoms with Crippen molar-refractivity contribution >= 4 is 28.8 Å². The SMILES string of the molecule is CC(NC(=O)CCc1ccsc1)c1ccc2c(c1)NC(=O)CO2. The molecule has 0 radical (unpaired) electrons. The second-order valence-electron chi connectivity index (χ2n) is 5.51. The van der Waals surface area contributed by atoms with Crippen molar-refractivity contribution in [2.24, 2.45) is 0 Å². The molecule has 6 heteroatoms. The molecule has 3 rings (SSSR count). The molecule has 0 aliphatic carbocycles. The highest BCUT2D eigenvalue weighted by Gasteiger charge is 2.18. The van der Waals surface area contributed by atoms with Gasteiger partial charge >= 0.3 is 0 Å². The van der Waals surface area contributed by atoms with Gasteiger partial charge in [-0.3, -0.25) is 9.59 Å². The van der Waals surface area contributed by atoms with Gasteiger partial charge in [-0.2, -0.15) is 11.3 Å². The van der Waals surface area contributed by atoms with Crippen LogP contribution in [0.3, 0.4) is 0 Å². The van der Waals surface area contributed by atoms with Gasteiger partial charge in [0, 0.05) is 6.42 Å². The fourth-order valence-corrected chi connectivity index (χ4v) is 3.16. The highest BCUT2D eigenvalue weighted by Crippen LogP contribution is 2.30. The van der Waals surface area contributed by atoms with Crippen LogP contribution in [0.25, 0.3) is 0 Å². The summed E-state index contributed by atoms with van der Waals surface area (Å²) in [6.45, 7) is 1.97. The van der Waals surface area contributed by atoms with Gasteiger partial charge in [0.2, 0.25) is 5.91 Å². The first-order valence-corrected chi connectivity index (χ1v) is 8.43. The zero-order valence-corrected chi connectivity index (χ0v) is 13.6. The minimum absolute atomic E-state index is 0.0155. The van der Waals surface area contributed by atoms with E-state index in [1.54, 1.807) is 11.3 Å². The predicted octanol–water partition coefficient (Wildman–Crippen LogP) is 2.89.